The number of hydrogen-bond acceptors (Lipinski definition) is 4. The average molecular weight is 365 g/mol. The third-order valence-corrected chi connectivity index (χ3v) is 3.61. The van der Waals surface area contributed by atoms with Crippen LogP contribution >= 0.6 is 31.9 Å². The summed E-state index contributed by atoms with van der Waals surface area (Å²) in [5.74, 6) is -0.170. The molecule has 92 valence electrons. The first-order valence-corrected chi connectivity index (χ1v) is 6.69. The van der Waals surface area contributed by atoms with E-state index in [-0.39, 0.29) is 0 Å². The van der Waals surface area contributed by atoms with Crippen LogP contribution in [-0.2, 0) is 4.79 Å². The maximum atomic E-state index is 11.2. The minimum Gasteiger partial charge on any atom is -0.480 e. The third-order valence-electron chi connectivity index (χ3n) is 2.59. The van der Waals surface area contributed by atoms with Crippen molar-refractivity contribution in [1.29, 1.82) is 0 Å². The van der Waals surface area contributed by atoms with E-state index in [4.69, 9.17) is 0 Å². The van der Waals surface area contributed by atoms with Crippen molar-refractivity contribution in [3.05, 3.63) is 21.2 Å². The number of nitrogens with one attached hydrogen (secondary N) is 1. The molecule has 0 bridgehead atoms. The van der Waals surface area contributed by atoms with Gasteiger partial charge in [-0.15, -0.1) is 0 Å². The van der Waals surface area contributed by atoms with Gasteiger partial charge < -0.3 is 15.3 Å². The highest BCUT2D eigenvalue weighted by Gasteiger charge is 2.30. The molecule has 1 aliphatic heterocycles. The lowest BCUT2D eigenvalue weighted by Gasteiger charge is -2.34. The van der Waals surface area contributed by atoms with Crippen molar-refractivity contribution >= 4 is 43.6 Å². The number of anilines is 1. The van der Waals surface area contributed by atoms with Crippen LogP contribution in [0.5, 0.6) is 0 Å². The minimum absolute atomic E-state index is 0.430. The Kier molecular flexibility index (Phi) is 4.01. The quantitative estimate of drug-likeness (QED) is 0.831. The van der Waals surface area contributed by atoms with E-state index in [1.54, 1.807) is 11.1 Å². The monoisotopic (exact) mass is 363 g/mol. The molecule has 0 spiro atoms. The number of carbonyl (C=O) groups is 1. The van der Waals surface area contributed by atoms with Crippen molar-refractivity contribution in [1.82, 2.24) is 10.3 Å². The molecule has 0 saturated carbocycles. The summed E-state index contributed by atoms with van der Waals surface area (Å²) in [4.78, 5) is 17.3. The van der Waals surface area contributed by atoms with Crippen molar-refractivity contribution in [2.75, 3.05) is 24.5 Å². The number of carboxylic acids is 1. The second kappa shape index (κ2) is 5.32. The molecule has 5 nitrogen and oxygen atoms in total. The second-order valence-electron chi connectivity index (χ2n) is 3.71. The predicted octanol–water partition coefficient (Wildman–Crippen LogP) is 1.47. The summed E-state index contributed by atoms with van der Waals surface area (Å²) >= 11 is 6.74. The molecule has 1 atom stereocenters. The molecule has 0 aliphatic carbocycles. The van der Waals surface area contributed by atoms with Crippen LogP contribution in [0.25, 0.3) is 0 Å². The van der Waals surface area contributed by atoms with Crippen molar-refractivity contribution < 1.29 is 9.90 Å². The Balaban J connectivity index is 2.32. The summed E-state index contributed by atoms with van der Waals surface area (Å²) in [5.41, 5.74) is 0. The topological polar surface area (TPSA) is 65.5 Å². The fourth-order valence-electron chi connectivity index (χ4n) is 1.80. The molecule has 2 heterocycles. The standard InChI is InChI=1S/C10H11Br2N3O2/c11-6-3-7(12)9(14-4-6)15-2-1-13-5-8(15)10(16)17/h3-4,8,13H,1-2,5H2,(H,16,17). The summed E-state index contributed by atoms with van der Waals surface area (Å²) in [6, 6.07) is 1.29. The van der Waals surface area contributed by atoms with Gasteiger partial charge in [-0.25, -0.2) is 9.78 Å². The number of halogens is 2. The largest absolute Gasteiger partial charge is 0.480 e. The van der Waals surface area contributed by atoms with E-state index < -0.39 is 12.0 Å². The van der Waals surface area contributed by atoms with E-state index in [0.29, 0.717) is 18.9 Å². The molecule has 17 heavy (non-hydrogen) atoms. The molecule has 1 unspecified atom stereocenters. The Hall–Kier alpha value is -0.660. The fraction of sp³-hybridized carbons (Fsp3) is 0.400. The Morgan fingerprint density at radius 1 is 1.59 bits per heavy atom. The number of aromatic nitrogens is 1. The third kappa shape index (κ3) is 2.78. The summed E-state index contributed by atoms with van der Waals surface area (Å²) in [5, 5.41) is 12.3. The van der Waals surface area contributed by atoms with E-state index in [1.165, 1.54) is 0 Å². The number of nitrogens with zero attached hydrogens (tertiary/aromatic N) is 2. The zero-order valence-corrected chi connectivity index (χ0v) is 12.0. The fourth-order valence-corrected chi connectivity index (χ4v) is 3.01. The van der Waals surface area contributed by atoms with Gasteiger partial charge in [0.25, 0.3) is 0 Å². The van der Waals surface area contributed by atoms with Gasteiger partial charge in [0.15, 0.2) is 0 Å². The second-order valence-corrected chi connectivity index (χ2v) is 5.48. The number of aliphatic carboxylic acids is 1. The Labute approximate surface area is 115 Å². The Bertz CT molecular complexity index is 442. The summed E-state index contributed by atoms with van der Waals surface area (Å²) in [6.07, 6.45) is 1.67. The molecule has 2 N–H and O–H groups in total. The first-order valence-electron chi connectivity index (χ1n) is 5.11. The van der Waals surface area contributed by atoms with E-state index in [9.17, 15) is 9.90 Å². The van der Waals surface area contributed by atoms with Gasteiger partial charge in [-0.2, -0.15) is 0 Å². The molecule has 7 heteroatoms. The van der Waals surface area contributed by atoms with Crippen LogP contribution < -0.4 is 10.2 Å². The molecule has 2 rings (SSSR count). The molecule has 1 aromatic rings. The highest BCUT2D eigenvalue weighted by Crippen LogP contribution is 2.28. The molecular formula is C10H11Br2N3O2. The minimum atomic E-state index is -0.839. The molecular weight excluding hydrogens is 354 g/mol. The van der Waals surface area contributed by atoms with Gasteiger partial charge in [0.2, 0.25) is 0 Å². The highest BCUT2D eigenvalue weighted by atomic mass is 79.9. The van der Waals surface area contributed by atoms with E-state index in [0.717, 1.165) is 15.5 Å². The lowest BCUT2D eigenvalue weighted by atomic mass is 10.2. The summed E-state index contributed by atoms with van der Waals surface area (Å²) in [6.45, 7) is 1.82. The van der Waals surface area contributed by atoms with E-state index in [1.807, 2.05) is 6.07 Å². The number of hydrogen-bond donors (Lipinski definition) is 2. The zero-order valence-electron chi connectivity index (χ0n) is 8.86. The van der Waals surface area contributed by atoms with Crippen LogP contribution in [0.1, 0.15) is 0 Å². The van der Waals surface area contributed by atoms with Crippen LogP contribution in [-0.4, -0.2) is 41.7 Å². The van der Waals surface area contributed by atoms with Gasteiger partial charge in [0.1, 0.15) is 11.9 Å². The molecule has 1 saturated heterocycles. The van der Waals surface area contributed by atoms with E-state index in [2.05, 4.69) is 42.2 Å². The van der Waals surface area contributed by atoms with E-state index >= 15 is 0 Å². The molecule has 1 fully saturated rings. The maximum Gasteiger partial charge on any atom is 0.327 e. The van der Waals surface area contributed by atoms with Crippen molar-refractivity contribution in [2.24, 2.45) is 0 Å². The first-order chi connectivity index (χ1) is 8.09. The summed E-state index contributed by atoms with van der Waals surface area (Å²) < 4.78 is 1.65. The predicted molar refractivity (Wildman–Crippen MR) is 71.3 cm³/mol. The van der Waals surface area contributed by atoms with Crippen molar-refractivity contribution in [3.63, 3.8) is 0 Å². The Morgan fingerprint density at radius 3 is 3.00 bits per heavy atom. The van der Waals surface area contributed by atoms with Gasteiger partial charge in [0, 0.05) is 30.3 Å². The number of carboxylic acid groups (broad SMARTS) is 1. The van der Waals surface area contributed by atoms with Gasteiger partial charge in [-0.05, 0) is 37.9 Å². The number of pyridine rings is 1. The molecule has 0 aromatic carbocycles. The highest BCUT2D eigenvalue weighted by molar-refractivity contribution is 9.11. The van der Waals surface area contributed by atoms with Gasteiger partial charge in [0.05, 0.1) is 4.47 Å². The molecule has 1 aromatic heterocycles. The first kappa shape index (κ1) is 12.8. The lowest BCUT2D eigenvalue weighted by molar-refractivity contribution is -0.138. The lowest BCUT2D eigenvalue weighted by Crippen LogP contribution is -2.55. The SMILES string of the molecule is O=C(O)C1CNCCN1c1ncc(Br)cc1Br. The van der Waals surface area contributed by atoms with Gasteiger partial charge in [-0.3, -0.25) is 0 Å². The number of piperazine rings is 1. The molecule has 0 radical (unpaired) electrons. The van der Waals surface area contributed by atoms with Crippen molar-refractivity contribution in [2.45, 2.75) is 6.04 Å². The maximum absolute atomic E-state index is 11.2. The summed E-state index contributed by atoms with van der Waals surface area (Å²) in [7, 11) is 0. The van der Waals surface area contributed by atoms with Gasteiger partial charge in [-0.1, -0.05) is 0 Å². The molecule has 0 amide bonds. The van der Waals surface area contributed by atoms with Crippen LogP contribution in [0.4, 0.5) is 5.82 Å². The van der Waals surface area contributed by atoms with Crippen LogP contribution in [0, 0.1) is 0 Å². The Morgan fingerprint density at radius 2 is 2.35 bits per heavy atom. The normalized spacial score (nSPS) is 20.4. The van der Waals surface area contributed by atoms with Crippen LogP contribution in [0.15, 0.2) is 21.2 Å². The van der Waals surface area contributed by atoms with Crippen LogP contribution in [0.2, 0.25) is 0 Å². The van der Waals surface area contributed by atoms with Gasteiger partial charge >= 0.3 is 5.97 Å². The van der Waals surface area contributed by atoms with Crippen LogP contribution in [0.3, 0.4) is 0 Å². The smallest absolute Gasteiger partial charge is 0.327 e. The number of rotatable bonds is 2. The van der Waals surface area contributed by atoms with Crippen molar-refractivity contribution in [3.8, 4) is 0 Å². The average Bonchev–Trinajstić information content (AvgIpc) is 2.29. The molecule has 1 aliphatic rings. The zero-order chi connectivity index (χ0) is 12.4.